The van der Waals surface area contributed by atoms with E-state index in [0.717, 1.165) is 11.1 Å². The Morgan fingerprint density at radius 1 is 1.19 bits per heavy atom. The minimum absolute atomic E-state index is 0.0688. The summed E-state index contributed by atoms with van der Waals surface area (Å²) in [4.78, 5) is 26.6. The van der Waals surface area contributed by atoms with Gasteiger partial charge in [0, 0.05) is 24.3 Å². The third-order valence-corrected chi connectivity index (χ3v) is 5.12. The highest BCUT2D eigenvalue weighted by Gasteiger charge is 2.19. The number of morpholine rings is 1. The molecule has 1 aliphatic rings. The van der Waals surface area contributed by atoms with Crippen molar-refractivity contribution in [3.05, 3.63) is 58.1 Å². The molecule has 0 saturated carbocycles. The lowest BCUT2D eigenvalue weighted by molar-refractivity contribution is -0.121. The zero-order valence-corrected chi connectivity index (χ0v) is 18.9. The molecule has 0 bridgehead atoms. The first-order chi connectivity index (χ1) is 14.8. The summed E-state index contributed by atoms with van der Waals surface area (Å²) in [5.74, 6) is -0.0228. The number of halogens is 1. The van der Waals surface area contributed by atoms with E-state index in [2.05, 4.69) is 10.6 Å². The third-order valence-electron chi connectivity index (χ3n) is 4.64. The maximum absolute atomic E-state index is 12.6. The highest BCUT2D eigenvalue weighted by molar-refractivity contribution is 7.80. The monoisotopic (exact) mass is 461 g/mol. The average molecular weight is 462 g/mol. The number of benzene rings is 2. The van der Waals surface area contributed by atoms with Crippen molar-refractivity contribution in [1.29, 1.82) is 0 Å². The van der Waals surface area contributed by atoms with Crippen molar-refractivity contribution in [3.63, 3.8) is 0 Å². The summed E-state index contributed by atoms with van der Waals surface area (Å²) in [6.07, 6.45) is 0. The average Bonchev–Trinajstić information content (AvgIpc) is 2.73. The lowest BCUT2D eigenvalue weighted by atomic mass is 10.1. The van der Waals surface area contributed by atoms with Crippen LogP contribution in [-0.2, 0) is 9.53 Å². The number of nitrogens with zero attached hydrogens (tertiary/aromatic N) is 1. The standard InChI is InChI=1S/C22H24ClN3O4S/c1-14-10-15(2)20(18(23)11-14)30-13-19(27)25-22(31)24-17-5-3-4-16(12-17)21(28)26-6-8-29-9-7-26/h3-5,10-12H,6-9,13H2,1-2H3,(H2,24,25,27,31). The number of anilines is 1. The Labute approximate surface area is 191 Å². The Bertz CT molecular complexity index is 969. The number of ether oxygens (including phenoxy) is 2. The molecule has 9 heteroatoms. The molecule has 7 nitrogen and oxygen atoms in total. The van der Waals surface area contributed by atoms with Crippen LogP contribution in [0, 0.1) is 13.8 Å². The van der Waals surface area contributed by atoms with Gasteiger partial charge in [0.05, 0.1) is 18.2 Å². The van der Waals surface area contributed by atoms with Gasteiger partial charge in [-0.15, -0.1) is 0 Å². The number of carbonyl (C=O) groups excluding carboxylic acids is 2. The highest BCUT2D eigenvalue weighted by atomic mass is 35.5. The lowest BCUT2D eigenvalue weighted by Crippen LogP contribution is -2.40. The van der Waals surface area contributed by atoms with E-state index < -0.39 is 5.91 Å². The van der Waals surface area contributed by atoms with Gasteiger partial charge in [-0.05, 0) is 61.5 Å². The molecule has 0 unspecified atom stereocenters. The molecule has 0 atom stereocenters. The summed E-state index contributed by atoms with van der Waals surface area (Å²) in [5.41, 5.74) is 3.00. The normalized spacial score (nSPS) is 13.5. The Morgan fingerprint density at radius 2 is 1.94 bits per heavy atom. The zero-order valence-electron chi connectivity index (χ0n) is 17.4. The van der Waals surface area contributed by atoms with Crippen molar-refractivity contribution < 1.29 is 19.1 Å². The van der Waals surface area contributed by atoms with Gasteiger partial charge in [-0.1, -0.05) is 23.7 Å². The predicted octanol–water partition coefficient (Wildman–Crippen LogP) is 3.32. The van der Waals surface area contributed by atoms with Gasteiger partial charge >= 0.3 is 0 Å². The summed E-state index contributed by atoms with van der Waals surface area (Å²) in [7, 11) is 0. The first-order valence-corrected chi connectivity index (χ1v) is 10.6. The van der Waals surface area contributed by atoms with Gasteiger partial charge in [0.1, 0.15) is 5.75 Å². The number of rotatable bonds is 5. The molecule has 31 heavy (non-hydrogen) atoms. The molecule has 3 rings (SSSR count). The molecule has 1 fully saturated rings. The molecule has 0 aromatic heterocycles. The fourth-order valence-electron chi connectivity index (χ4n) is 3.23. The number of nitrogens with one attached hydrogen (secondary N) is 2. The Hall–Kier alpha value is -2.68. The van der Waals surface area contributed by atoms with Gasteiger partial charge in [-0.2, -0.15) is 0 Å². The number of carbonyl (C=O) groups is 2. The van der Waals surface area contributed by atoms with E-state index in [4.69, 9.17) is 33.3 Å². The molecule has 2 amide bonds. The highest BCUT2D eigenvalue weighted by Crippen LogP contribution is 2.29. The Balaban J connectivity index is 1.53. The van der Waals surface area contributed by atoms with Crippen molar-refractivity contribution in [2.45, 2.75) is 13.8 Å². The molecule has 0 aliphatic carbocycles. The molecule has 2 aromatic rings. The third kappa shape index (κ3) is 6.40. The summed E-state index contributed by atoms with van der Waals surface area (Å²) >= 11 is 11.4. The minimum atomic E-state index is -0.422. The molecule has 1 aliphatic heterocycles. The summed E-state index contributed by atoms with van der Waals surface area (Å²) in [6, 6.07) is 10.7. The van der Waals surface area contributed by atoms with E-state index >= 15 is 0 Å². The van der Waals surface area contributed by atoms with Crippen LogP contribution >= 0.6 is 23.8 Å². The van der Waals surface area contributed by atoms with Crippen LogP contribution in [0.2, 0.25) is 5.02 Å². The van der Waals surface area contributed by atoms with Crippen molar-refractivity contribution >= 4 is 46.4 Å². The maximum atomic E-state index is 12.6. The molecule has 0 radical (unpaired) electrons. The largest absolute Gasteiger partial charge is 0.482 e. The van der Waals surface area contributed by atoms with Crippen molar-refractivity contribution in [1.82, 2.24) is 10.2 Å². The fourth-order valence-corrected chi connectivity index (χ4v) is 3.83. The number of aryl methyl sites for hydroxylation is 2. The van der Waals surface area contributed by atoms with Crippen molar-refractivity contribution in [2.24, 2.45) is 0 Å². The first kappa shape index (κ1) is 23.0. The lowest BCUT2D eigenvalue weighted by Gasteiger charge is -2.27. The van der Waals surface area contributed by atoms with E-state index in [9.17, 15) is 9.59 Å². The van der Waals surface area contributed by atoms with Gasteiger partial charge < -0.3 is 19.7 Å². The molecule has 2 aromatic carbocycles. The second-order valence-electron chi connectivity index (χ2n) is 7.17. The minimum Gasteiger partial charge on any atom is -0.482 e. The van der Waals surface area contributed by atoms with Gasteiger partial charge in [0.25, 0.3) is 11.8 Å². The second-order valence-corrected chi connectivity index (χ2v) is 7.98. The molecule has 2 N–H and O–H groups in total. The molecule has 1 saturated heterocycles. The zero-order chi connectivity index (χ0) is 22.4. The summed E-state index contributed by atoms with van der Waals surface area (Å²) in [5, 5.41) is 6.04. The second kappa shape index (κ2) is 10.6. The van der Waals surface area contributed by atoms with Crippen LogP contribution in [0.3, 0.4) is 0 Å². The SMILES string of the molecule is Cc1cc(C)c(OCC(=O)NC(=S)Nc2cccc(C(=O)N3CCOCC3)c2)c(Cl)c1. The number of thiocarbonyl (C=S) groups is 1. The first-order valence-electron chi connectivity index (χ1n) is 9.81. The van der Waals surface area contributed by atoms with Crippen LogP contribution < -0.4 is 15.4 Å². The summed E-state index contributed by atoms with van der Waals surface area (Å²) in [6.45, 7) is 5.77. The quantitative estimate of drug-likeness (QED) is 0.665. The van der Waals surface area contributed by atoms with Gasteiger partial charge in [0.15, 0.2) is 11.7 Å². The van der Waals surface area contributed by atoms with Crippen LogP contribution in [0.25, 0.3) is 0 Å². The van der Waals surface area contributed by atoms with Crippen LogP contribution in [0.5, 0.6) is 5.75 Å². The van der Waals surface area contributed by atoms with Crippen LogP contribution in [0.15, 0.2) is 36.4 Å². The van der Waals surface area contributed by atoms with Crippen LogP contribution in [0.4, 0.5) is 5.69 Å². The van der Waals surface area contributed by atoms with E-state index in [1.807, 2.05) is 19.9 Å². The Morgan fingerprint density at radius 3 is 2.65 bits per heavy atom. The van der Waals surface area contributed by atoms with E-state index in [1.54, 1.807) is 35.2 Å². The molecule has 1 heterocycles. The van der Waals surface area contributed by atoms with E-state index in [0.29, 0.717) is 48.3 Å². The van der Waals surface area contributed by atoms with E-state index in [-0.39, 0.29) is 17.6 Å². The number of amides is 2. The molecular weight excluding hydrogens is 438 g/mol. The summed E-state index contributed by atoms with van der Waals surface area (Å²) < 4.78 is 10.8. The van der Waals surface area contributed by atoms with Crippen molar-refractivity contribution in [2.75, 3.05) is 38.2 Å². The molecular formula is C22H24ClN3O4S. The molecule has 0 spiro atoms. The fraction of sp³-hybridized carbons (Fsp3) is 0.318. The van der Waals surface area contributed by atoms with Gasteiger partial charge in [0.2, 0.25) is 0 Å². The number of hydrogen-bond acceptors (Lipinski definition) is 5. The van der Waals surface area contributed by atoms with Crippen LogP contribution in [-0.4, -0.2) is 54.7 Å². The molecule has 164 valence electrons. The Kier molecular flexibility index (Phi) is 7.84. The van der Waals surface area contributed by atoms with Crippen molar-refractivity contribution in [3.8, 4) is 5.75 Å². The predicted molar refractivity (Wildman–Crippen MR) is 124 cm³/mol. The van der Waals surface area contributed by atoms with Gasteiger partial charge in [-0.25, -0.2) is 0 Å². The maximum Gasteiger partial charge on any atom is 0.264 e. The van der Waals surface area contributed by atoms with Gasteiger partial charge in [-0.3, -0.25) is 14.9 Å². The van der Waals surface area contributed by atoms with E-state index in [1.165, 1.54) is 0 Å². The van der Waals surface area contributed by atoms with Crippen LogP contribution in [0.1, 0.15) is 21.5 Å². The topological polar surface area (TPSA) is 79.9 Å². The smallest absolute Gasteiger partial charge is 0.264 e. The number of hydrogen-bond donors (Lipinski definition) is 2.